The lowest BCUT2D eigenvalue weighted by atomic mass is 9.79. The predicted octanol–water partition coefficient (Wildman–Crippen LogP) is 3.53. The highest BCUT2D eigenvalue weighted by Crippen LogP contribution is 2.36. The third-order valence-electron chi connectivity index (χ3n) is 5.42. The fraction of sp³-hybridized carbons (Fsp3) is 0.524. The van der Waals surface area contributed by atoms with Crippen LogP contribution in [0.2, 0.25) is 5.02 Å². The van der Waals surface area contributed by atoms with E-state index in [0.29, 0.717) is 0 Å². The van der Waals surface area contributed by atoms with E-state index in [0.717, 1.165) is 11.0 Å². The van der Waals surface area contributed by atoms with Crippen molar-refractivity contribution in [3.8, 4) is 5.75 Å². The molecule has 156 valence electrons. The molecule has 1 aliphatic heterocycles. The van der Waals surface area contributed by atoms with Gasteiger partial charge in [0.05, 0.1) is 22.9 Å². The molecule has 0 saturated carbocycles. The van der Waals surface area contributed by atoms with Crippen molar-refractivity contribution in [2.45, 2.75) is 71.8 Å². The molecule has 2 aromatic rings. The lowest BCUT2D eigenvalue weighted by Crippen LogP contribution is -2.41. The van der Waals surface area contributed by atoms with Crippen LogP contribution in [0.15, 0.2) is 35.3 Å². The molecule has 0 spiro atoms. The Morgan fingerprint density at radius 2 is 1.66 bits per heavy atom. The van der Waals surface area contributed by atoms with E-state index in [1.54, 1.807) is 0 Å². The molecule has 29 heavy (non-hydrogen) atoms. The van der Waals surface area contributed by atoms with E-state index in [9.17, 15) is 4.79 Å². The van der Waals surface area contributed by atoms with Crippen molar-refractivity contribution >= 4 is 24.2 Å². The zero-order chi connectivity index (χ0) is 21.6. The van der Waals surface area contributed by atoms with Gasteiger partial charge in [-0.25, -0.2) is 4.68 Å². The van der Waals surface area contributed by atoms with Gasteiger partial charge in [0.1, 0.15) is 6.61 Å². The van der Waals surface area contributed by atoms with Crippen molar-refractivity contribution < 1.29 is 14.0 Å². The highest BCUT2D eigenvalue weighted by Gasteiger charge is 2.51. The van der Waals surface area contributed by atoms with Gasteiger partial charge in [-0.15, -0.1) is 0 Å². The largest absolute Gasteiger partial charge is 0.494 e. The first-order valence-electron chi connectivity index (χ1n) is 9.67. The van der Waals surface area contributed by atoms with Crippen LogP contribution < -0.4 is 15.8 Å². The van der Waals surface area contributed by atoms with Crippen LogP contribution in [0.5, 0.6) is 5.75 Å². The van der Waals surface area contributed by atoms with E-state index in [1.165, 1.54) is 10.9 Å². The summed E-state index contributed by atoms with van der Waals surface area (Å²) in [6, 6.07) is 7.80. The highest BCUT2D eigenvalue weighted by molar-refractivity contribution is 6.62. The van der Waals surface area contributed by atoms with Crippen molar-refractivity contribution in [3.63, 3.8) is 0 Å². The minimum absolute atomic E-state index is 0.0313. The van der Waals surface area contributed by atoms with Gasteiger partial charge < -0.3 is 14.0 Å². The van der Waals surface area contributed by atoms with Crippen LogP contribution in [-0.2, 0) is 21.5 Å². The van der Waals surface area contributed by atoms with E-state index < -0.39 is 12.7 Å². The molecule has 1 aliphatic rings. The number of halogens is 1. The summed E-state index contributed by atoms with van der Waals surface area (Å²) in [6.45, 7) is 14.0. The van der Waals surface area contributed by atoms with Crippen molar-refractivity contribution in [1.82, 2.24) is 9.78 Å². The molecule has 1 aromatic heterocycles. The fourth-order valence-corrected chi connectivity index (χ4v) is 3.09. The Morgan fingerprint density at radius 3 is 2.17 bits per heavy atom. The number of rotatable bonds is 4. The van der Waals surface area contributed by atoms with E-state index >= 15 is 0 Å². The second kappa shape index (κ2) is 7.45. The Kier molecular flexibility index (Phi) is 5.62. The Morgan fingerprint density at radius 1 is 1.10 bits per heavy atom. The Balaban J connectivity index is 1.69. The van der Waals surface area contributed by atoms with Crippen LogP contribution in [0, 0.1) is 0 Å². The Labute approximate surface area is 177 Å². The van der Waals surface area contributed by atoms with Gasteiger partial charge in [-0.2, -0.15) is 5.10 Å². The fourth-order valence-electron chi connectivity index (χ4n) is 2.91. The number of benzene rings is 1. The van der Waals surface area contributed by atoms with Gasteiger partial charge in [-0.05, 0) is 59.5 Å². The molecule has 1 saturated heterocycles. The summed E-state index contributed by atoms with van der Waals surface area (Å²) in [4.78, 5) is 12.4. The average molecular weight is 419 g/mol. The molecule has 0 N–H and O–H groups in total. The molecule has 6 nitrogen and oxygen atoms in total. The van der Waals surface area contributed by atoms with E-state index in [2.05, 4.69) is 5.10 Å². The van der Waals surface area contributed by atoms with Crippen LogP contribution in [0.4, 0.5) is 0 Å². The lowest BCUT2D eigenvalue weighted by molar-refractivity contribution is 0.00578. The van der Waals surface area contributed by atoms with Crippen molar-refractivity contribution in [3.05, 3.63) is 51.4 Å². The first kappa shape index (κ1) is 21.9. The standard InChI is InChI=1S/C21H28BClN2O4/c1-19(2,3)25-18(26)17(23)16(12-24-25)27-13-14-8-10-15(11-9-14)22-28-20(4,5)21(6,7)29-22/h8-12H,13H2,1-7H3. The first-order chi connectivity index (χ1) is 13.3. The van der Waals surface area contributed by atoms with Gasteiger partial charge in [0.15, 0.2) is 10.8 Å². The highest BCUT2D eigenvalue weighted by atomic mass is 35.5. The van der Waals surface area contributed by atoms with Gasteiger partial charge in [0.2, 0.25) is 0 Å². The minimum Gasteiger partial charge on any atom is -0.485 e. The van der Waals surface area contributed by atoms with Gasteiger partial charge in [0.25, 0.3) is 5.56 Å². The van der Waals surface area contributed by atoms with Crippen LogP contribution in [-0.4, -0.2) is 28.1 Å². The first-order valence-corrected chi connectivity index (χ1v) is 10.1. The van der Waals surface area contributed by atoms with E-state index in [1.807, 2.05) is 72.7 Å². The van der Waals surface area contributed by atoms with Gasteiger partial charge in [0, 0.05) is 0 Å². The van der Waals surface area contributed by atoms with Gasteiger partial charge in [-0.1, -0.05) is 35.9 Å². The maximum atomic E-state index is 12.4. The lowest BCUT2D eigenvalue weighted by Gasteiger charge is -2.32. The van der Waals surface area contributed by atoms with E-state index in [4.69, 9.17) is 25.6 Å². The van der Waals surface area contributed by atoms with Crippen LogP contribution in [0.1, 0.15) is 54.0 Å². The van der Waals surface area contributed by atoms with Gasteiger partial charge in [-0.3, -0.25) is 4.79 Å². The Bertz CT molecular complexity index is 933. The summed E-state index contributed by atoms with van der Waals surface area (Å²) in [5, 5.41) is 4.21. The molecular weight excluding hydrogens is 391 g/mol. The van der Waals surface area contributed by atoms with Crippen molar-refractivity contribution in [2.75, 3.05) is 0 Å². The molecule has 0 amide bonds. The molecule has 3 rings (SSSR count). The third kappa shape index (κ3) is 4.37. The maximum absolute atomic E-state index is 12.4. The number of hydrogen-bond acceptors (Lipinski definition) is 5. The molecule has 0 aliphatic carbocycles. The number of aromatic nitrogens is 2. The minimum atomic E-state index is -0.456. The van der Waals surface area contributed by atoms with Gasteiger partial charge >= 0.3 is 7.12 Å². The number of ether oxygens (including phenoxy) is 1. The molecule has 0 radical (unpaired) electrons. The smallest absolute Gasteiger partial charge is 0.485 e. The topological polar surface area (TPSA) is 62.6 Å². The summed E-state index contributed by atoms with van der Waals surface area (Å²) in [5.41, 5.74) is 0.296. The summed E-state index contributed by atoms with van der Waals surface area (Å²) >= 11 is 6.20. The molecular formula is C21H28BClN2O4. The molecule has 0 unspecified atom stereocenters. The summed E-state index contributed by atoms with van der Waals surface area (Å²) < 4.78 is 19.2. The second-order valence-corrected chi connectivity index (χ2v) is 9.71. The monoisotopic (exact) mass is 418 g/mol. The molecule has 0 atom stereocenters. The average Bonchev–Trinajstić information content (AvgIpc) is 2.83. The second-order valence-electron chi connectivity index (χ2n) is 9.33. The number of nitrogens with zero attached hydrogens (tertiary/aromatic N) is 2. The Hall–Kier alpha value is -1.83. The number of hydrogen-bond donors (Lipinski definition) is 0. The molecule has 2 heterocycles. The zero-order valence-electron chi connectivity index (χ0n) is 18.1. The van der Waals surface area contributed by atoms with E-state index in [-0.39, 0.29) is 34.1 Å². The quantitative estimate of drug-likeness (QED) is 0.711. The molecule has 0 bridgehead atoms. The van der Waals surface area contributed by atoms with Crippen molar-refractivity contribution in [2.24, 2.45) is 0 Å². The summed E-state index contributed by atoms with van der Waals surface area (Å²) in [5.74, 6) is 0.271. The van der Waals surface area contributed by atoms with Crippen LogP contribution >= 0.6 is 11.6 Å². The van der Waals surface area contributed by atoms with Crippen LogP contribution in [0.3, 0.4) is 0 Å². The normalized spacial score (nSPS) is 18.1. The SMILES string of the molecule is CC(C)(C)n1ncc(OCc2ccc(B3OC(C)(C)C(C)(C)O3)cc2)c(Cl)c1=O. The molecule has 1 aromatic carbocycles. The molecule has 1 fully saturated rings. The van der Waals surface area contributed by atoms with Crippen molar-refractivity contribution in [1.29, 1.82) is 0 Å². The third-order valence-corrected chi connectivity index (χ3v) is 5.77. The maximum Gasteiger partial charge on any atom is 0.494 e. The zero-order valence-corrected chi connectivity index (χ0v) is 18.8. The van der Waals surface area contributed by atoms with Crippen LogP contribution in [0.25, 0.3) is 0 Å². The molecule has 8 heteroatoms. The summed E-state index contributed by atoms with van der Waals surface area (Å²) in [6.07, 6.45) is 1.48. The predicted molar refractivity (Wildman–Crippen MR) is 115 cm³/mol. The summed E-state index contributed by atoms with van der Waals surface area (Å²) in [7, 11) is -0.404.